The van der Waals surface area contributed by atoms with Crippen LogP contribution in [0, 0.1) is 12.9 Å². The monoisotopic (exact) mass is 326 g/mol. The number of aromatic nitrogens is 4. The van der Waals surface area contributed by atoms with Crippen molar-refractivity contribution in [2.24, 2.45) is 7.05 Å². The third-order valence-electron chi connectivity index (χ3n) is 2.70. The van der Waals surface area contributed by atoms with Gasteiger partial charge in [-0.2, -0.15) is 4.39 Å². The number of rotatable bonds is 3. The Bertz CT molecular complexity index is 723. The maximum Gasteiger partial charge on any atom is 0.271 e. The van der Waals surface area contributed by atoms with Gasteiger partial charge in [0.15, 0.2) is 11.5 Å². The first-order chi connectivity index (χ1) is 10.9. The molecule has 2 heterocycles. The highest BCUT2D eigenvalue weighted by molar-refractivity contribution is 6.03. The second-order valence-corrected chi connectivity index (χ2v) is 4.30. The molecule has 0 saturated carbocycles. The van der Waals surface area contributed by atoms with E-state index in [4.69, 9.17) is 0 Å². The Morgan fingerprint density at radius 2 is 1.91 bits per heavy atom. The Balaban J connectivity index is 0. The van der Waals surface area contributed by atoms with Crippen LogP contribution in [-0.4, -0.2) is 38.8 Å². The van der Waals surface area contributed by atoms with E-state index in [0.717, 1.165) is 0 Å². The lowest BCUT2D eigenvalue weighted by Crippen LogP contribution is -2.22. The Kier molecular flexibility index (Phi) is 6.31. The van der Waals surface area contributed by atoms with Gasteiger partial charge in [-0.25, -0.2) is 0 Å². The zero-order valence-corrected chi connectivity index (χ0v) is 13.6. The predicted octanol–water partition coefficient (Wildman–Crippen LogP) is 1.79. The van der Waals surface area contributed by atoms with Gasteiger partial charge in [-0.3, -0.25) is 14.3 Å². The molecule has 8 nitrogen and oxygen atoms in total. The van der Waals surface area contributed by atoms with Gasteiger partial charge in [0.05, 0.1) is 0 Å². The van der Waals surface area contributed by atoms with Crippen molar-refractivity contribution in [3.05, 3.63) is 35.0 Å². The summed E-state index contributed by atoms with van der Waals surface area (Å²) in [6.45, 7) is 5.65. The largest absolute Gasteiger partial charge is 0.354 e. The number of hydrogen-bond acceptors (Lipinski definition) is 5. The summed E-state index contributed by atoms with van der Waals surface area (Å²) in [5, 5.41) is 15.7. The first-order valence-corrected chi connectivity index (χ1v) is 6.99. The van der Waals surface area contributed by atoms with E-state index >= 15 is 0 Å². The SMILES string of the molecule is CC.CNC(=O)c1nnc(NC(=O)c2cn(C)nc2F)cc1C.[HH].[HH]. The Morgan fingerprint density at radius 1 is 1.26 bits per heavy atom. The van der Waals surface area contributed by atoms with Crippen LogP contribution >= 0.6 is 0 Å². The van der Waals surface area contributed by atoms with Crippen LogP contribution in [0.1, 0.15) is 43.1 Å². The zero-order chi connectivity index (χ0) is 17.6. The standard InChI is InChI=1S/C12H13FN6O2.C2H6.2H2/c1-6-4-8(16-17-9(6)12(21)14-2)15-11(20)7-5-19(3)18-10(7)13;1-2;;/h4-5H,1-3H3,(H,14,21)(H,15,16,20);1-2H3;2*1H. The predicted molar refractivity (Wildman–Crippen MR) is 86.9 cm³/mol. The minimum Gasteiger partial charge on any atom is -0.354 e. The number of carbonyl (C=O) groups is 2. The molecule has 0 aromatic carbocycles. The van der Waals surface area contributed by atoms with E-state index in [-0.39, 0.29) is 25.8 Å². The van der Waals surface area contributed by atoms with Gasteiger partial charge in [-0.1, -0.05) is 13.8 Å². The van der Waals surface area contributed by atoms with Crippen LogP contribution < -0.4 is 10.6 Å². The third kappa shape index (κ3) is 4.31. The first-order valence-electron chi connectivity index (χ1n) is 6.99. The summed E-state index contributed by atoms with van der Waals surface area (Å²) in [7, 11) is 2.98. The van der Waals surface area contributed by atoms with E-state index in [2.05, 4.69) is 25.9 Å². The highest BCUT2D eigenvalue weighted by Gasteiger charge is 2.17. The van der Waals surface area contributed by atoms with E-state index < -0.39 is 11.9 Å². The lowest BCUT2D eigenvalue weighted by atomic mass is 10.2. The molecule has 0 aliphatic carbocycles. The maximum absolute atomic E-state index is 13.4. The van der Waals surface area contributed by atoms with Crippen molar-refractivity contribution in [3.8, 4) is 0 Å². The van der Waals surface area contributed by atoms with Crippen molar-refractivity contribution in [3.63, 3.8) is 0 Å². The van der Waals surface area contributed by atoms with E-state index in [0.29, 0.717) is 5.56 Å². The average molecular weight is 326 g/mol. The molecule has 2 rings (SSSR count). The van der Waals surface area contributed by atoms with Gasteiger partial charge in [0, 0.05) is 23.1 Å². The molecule has 2 aromatic rings. The van der Waals surface area contributed by atoms with Gasteiger partial charge >= 0.3 is 0 Å². The molecular weight excluding hydrogens is 303 g/mol. The number of nitrogens with one attached hydrogen (secondary N) is 2. The zero-order valence-electron chi connectivity index (χ0n) is 13.6. The lowest BCUT2D eigenvalue weighted by Gasteiger charge is -2.06. The normalized spacial score (nSPS) is 9.65. The van der Waals surface area contributed by atoms with Crippen LogP contribution in [-0.2, 0) is 7.05 Å². The van der Waals surface area contributed by atoms with E-state index in [9.17, 15) is 14.0 Å². The topological polar surface area (TPSA) is 102 Å². The Morgan fingerprint density at radius 3 is 2.39 bits per heavy atom. The van der Waals surface area contributed by atoms with Crippen molar-refractivity contribution >= 4 is 17.6 Å². The lowest BCUT2D eigenvalue weighted by molar-refractivity contribution is 0.0956. The van der Waals surface area contributed by atoms with Gasteiger partial charge in [-0.15, -0.1) is 15.3 Å². The molecule has 0 saturated heterocycles. The summed E-state index contributed by atoms with van der Waals surface area (Å²) in [6, 6.07) is 1.48. The number of hydrogen-bond donors (Lipinski definition) is 2. The molecule has 0 bridgehead atoms. The van der Waals surface area contributed by atoms with Crippen LogP contribution in [0.3, 0.4) is 0 Å². The fourth-order valence-corrected chi connectivity index (χ4v) is 1.69. The van der Waals surface area contributed by atoms with Crippen LogP contribution in [0.25, 0.3) is 0 Å². The number of anilines is 1. The van der Waals surface area contributed by atoms with E-state index in [1.54, 1.807) is 6.92 Å². The fourth-order valence-electron chi connectivity index (χ4n) is 1.69. The molecule has 2 aromatic heterocycles. The first kappa shape index (κ1) is 18.2. The summed E-state index contributed by atoms with van der Waals surface area (Å²) in [4.78, 5) is 23.4. The number of aryl methyl sites for hydroxylation is 2. The summed E-state index contributed by atoms with van der Waals surface area (Å²) < 4.78 is 14.6. The maximum atomic E-state index is 13.4. The van der Waals surface area contributed by atoms with Gasteiger partial charge in [0.2, 0.25) is 5.95 Å². The molecular formula is C14H23FN6O2. The van der Waals surface area contributed by atoms with E-state index in [1.807, 2.05) is 13.8 Å². The van der Waals surface area contributed by atoms with Crippen molar-refractivity contribution in [2.75, 3.05) is 12.4 Å². The molecule has 0 unspecified atom stereocenters. The van der Waals surface area contributed by atoms with Crippen molar-refractivity contribution in [2.45, 2.75) is 20.8 Å². The van der Waals surface area contributed by atoms with Crippen LogP contribution in [0.5, 0.6) is 0 Å². The molecule has 128 valence electrons. The Labute approximate surface area is 136 Å². The highest BCUT2D eigenvalue weighted by atomic mass is 19.1. The summed E-state index contributed by atoms with van der Waals surface area (Å²) in [6.07, 6.45) is 1.25. The summed E-state index contributed by atoms with van der Waals surface area (Å²) in [5.74, 6) is -1.83. The average Bonchev–Trinajstić information content (AvgIpc) is 2.87. The molecule has 0 radical (unpaired) electrons. The molecule has 2 N–H and O–H groups in total. The number of amides is 2. The molecule has 0 aliphatic rings. The summed E-state index contributed by atoms with van der Waals surface area (Å²) in [5.41, 5.74) is 0.488. The van der Waals surface area contributed by atoms with Crippen molar-refractivity contribution in [1.29, 1.82) is 0 Å². The number of halogens is 1. The third-order valence-corrected chi connectivity index (χ3v) is 2.70. The highest BCUT2D eigenvalue weighted by Crippen LogP contribution is 2.12. The second-order valence-electron chi connectivity index (χ2n) is 4.30. The second kappa shape index (κ2) is 7.97. The van der Waals surface area contributed by atoms with Gasteiger partial charge in [0.1, 0.15) is 5.56 Å². The van der Waals surface area contributed by atoms with Gasteiger partial charge in [0.25, 0.3) is 11.8 Å². The molecule has 0 fully saturated rings. The molecule has 0 spiro atoms. The molecule has 2 amide bonds. The molecule has 0 atom stereocenters. The number of nitrogens with zero attached hydrogens (tertiary/aromatic N) is 4. The number of carbonyl (C=O) groups excluding carboxylic acids is 2. The van der Waals surface area contributed by atoms with Gasteiger partial charge < -0.3 is 10.6 Å². The van der Waals surface area contributed by atoms with Crippen molar-refractivity contribution < 1.29 is 16.8 Å². The molecule has 0 aliphatic heterocycles. The van der Waals surface area contributed by atoms with Crippen molar-refractivity contribution in [1.82, 2.24) is 25.3 Å². The van der Waals surface area contributed by atoms with E-state index in [1.165, 1.54) is 31.0 Å². The van der Waals surface area contributed by atoms with Crippen LogP contribution in [0.15, 0.2) is 12.3 Å². The minimum absolute atomic E-state index is 0. The van der Waals surface area contributed by atoms with Crippen LogP contribution in [0.2, 0.25) is 0 Å². The quantitative estimate of drug-likeness (QED) is 0.895. The summed E-state index contributed by atoms with van der Waals surface area (Å²) >= 11 is 0. The molecule has 9 heteroatoms. The van der Waals surface area contributed by atoms with Crippen LogP contribution in [0.4, 0.5) is 10.2 Å². The Hall–Kier alpha value is -2.84. The van der Waals surface area contributed by atoms with Gasteiger partial charge in [-0.05, 0) is 18.6 Å². The minimum atomic E-state index is -0.873. The fraction of sp³-hybridized carbons (Fsp3) is 0.357. The smallest absolute Gasteiger partial charge is 0.271 e. The molecule has 23 heavy (non-hydrogen) atoms.